The molecule has 0 saturated carbocycles. The Morgan fingerprint density at radius 1 is 0.781 bits per heavy atom. The molecule has 190 valence electrons. The highest BCUT2D eigenvalue weighted by Gasteiger charge is 2.36. The number of hydrogen-bond acceptors (Lipinski definition) is 3. The minimum Gasteiger partial charge on any atom is -0.481 e. The summed E-state index contributed by atoms with van der Waals surface area (Å²) in [5, 5.41) is 19.6. The van der Waals surface area contributed by atoms with Gasteiger partial charge in [-0.1, -0.05) is 71.1 Å². The molecule has 0 bridgehead atoms. The minimum absolute atomic E-state index is 0.00733. The number of likely N-dealkylation sites (N-methyl/N-ethyl adjacent to an activating group) is 1. The van der Waals surface area contributed by atoms with Crippen LogP contribution in [0.4, 0.5) is 0 Å². The fourth-order valence-corrected chi connectivity index (χ4v) is 4.55. The topological polar surface area (TPSA) is 74.6 Å². The van der Waals surface area contributed by atoms with Gasteiger partial charge in [0.25, 0.3) is 0 Å². The van der Waals surface area contributed by atoms with Gasteiger partial charge in [0.1, 0.15) is 24.3 Å². The Labute approximate surface area is 206 Å². The number of carboxylic acids is 1. The average molecular weight is 498 g/mol. The summed E-state index contributed by atoms with van der Waals surface area (Å²) in [7, 11) is 5.58. The van der Waals surface area contributed by atoms with E-state index in [9.17, 15) is 19.8 Å². The van der Waals surface area contributed by atoms with Crippen molar-refractivity contribution in [2.45, 2.75) is 114 Å². The molecule has 7 heteroatoms. The fraction of sp³-hybridized carbons (Fsp3) is 0.920. The predicted octanol–water partition coefficient (Wildman–Crippen LogP) is 6.02. The van der Waals surface area contributed by atoms with Crippen LogP contribution < -0.4 is 0 Å². The summed E-state index contributed by atoms with van der Waals surface area (Å²) in [5.74, 6) is -2.95. The highest BCUT2D eigenvalue weighted by molar-refractivity contribution is 6.29. The molecule has 0 aliphatic heterocycles. The number of carbonyl (C=O) groups excluding carboxylic acids is 1. The number of carbonyl (C=O) groups is 2. The predicted molar refractivity (Wildman–Crippen MR) is 135 cm³/mol. The molecule has 4 atom stereocenters. The third-order valence-electron chi connectivity index (χ3n) is 5.86. The number of nitrogens with zero attached hydrogens (tertiary/aromatic N) is 1. The smallest absolute Gasteiger partial charge is 0.316 e. The van der Waals surface area contributed by atoms with Gasteiger partial charge in [0.05, 0.1) is 21.1 Å². The van der Waals surface area contributed by atoms with E-state index in [0.29, 0.717) is 10.9 Å². The molecule has 0 rings (SSSR count). The molecule has 0 aromatic rings. The summed E-state index contributed by atoms with van der Waals surface area (Å²) >= 11 is 12.9. The van der Waals surface area contributed by atoms with Gasteiger partial charge in [-0.05, 0) is 19.3 Å². The maximum Gasteiger partial charge on any atom is 0.316 e. The molecule has 0 radical (unpaired) electrons. The monoisotopic (exact) mass is 496 g/mol. The van der Waals surface area contributed by atoms with E-state index in [2.05, 4.69) is 6.92 Å². The van der Waals surface area contributed by atoms with Gasteiger partial charge in [0.15, 0.2) is 0 Å². The lowest BCUT2D eigenvalue weighted by molar-refractivity contribution is -0.873. The summed E-state index contributed by atoms with van der Waals surface area (Å²) < 4.78 is 0.405. The van der Waals surface area contributed by atoms with Crippen molar-refractivity contribution in [3.8, 4) is 0 Å². The number of aliphatic hydroxyl groups is 1. The molecular weight excluding hydrogens is 449 g/mol. The SMILES string of the molecule is CCCCCCCC[C@H](Cl)[C@@H](Cl)CCCCCCCC(=O)[C@H](C(=O)O)[C@H](O)C[N+](C)(C)C. The first-order chi connectivity index (χ1) is 15.0. The largest absolute Gasteiger partial charge is 0.481 e. The molecule has 5 nitrogen and oxygen atoms in total. The second kappa shape index (κ2) is 18.0. The van der Waals surface area contributed by atoms with Crippen LogP contribution in [0.1, 0.15) is 96.8 Å². The Kier molecular flexibility index (Phi) is 17.8. The third kappa shape index (κ3) is 16.3. The van der Waals surface area contributed by atoms with Crippen molar-refractivity contribution in [2.75, 3.05) is 27.7 Å². The molecule has 2 N–H and O–H groups in total. The van der Waals surface area contributed by atoms with Gasteiger partial charge in [-0.15, -0.1) is 23.2 Å². The third-order valence-corrected chi connectivity index (χ3v) is 7.04. The number of halogens is 2. The first-order valence-corrected chi connectivity index (χ1v) is 13.4. The zero-order valence-electron chi connectivity index (χ0n) is 20.8. The lowest BCUT2D eigenvalue weighted by atomic mass is 9.93. The maximum atomic E-state index is 12.3. The molecule has 0 fully saturated rings. The quantitative estimate of drug-likeness (QED) is 0.0880. The van der Waals surface area contributed by atoms with Crippen molar-refractivity contribution in [1.29, 1.82) is 0 Å². The van der Waals surface area contributed by atoms with Crippen LogP contribution in [0.2, 0.25) is 0 Å². The molecule has 0 saturated heterocycles. The van der Waals surface area contributed by atoms with Gasteiger partial charge in [-0.3, -0.25) is 9.59 Å². The van der Waals surface area contributed by atoms with Crippen LogP contribution in [0.25, 0.3) is 0 Å². The normalized spacial score (nSPS) is 15.8. The first-order valence-electron chi connectivity index (χ1n) is 12.5. The van der Waals surface area contributed by atoms with E-state index in [1.807, 2.05) is 21.1 Å². The van der Waals surface area contributed by atoms with Crippen LogP contribution in [0.15, 0.2) is 0 Å². The molecule has 0 spiro atoms. The zero-order valence-corrected chi connectivity index (χ0v) is 22.3. The lowest BCUT2D eigenvalue weighted by Gasteiger charge is -2.28. The van der Waals surface area contributed by atoms with Gasteiger partial charge in [-0.25, -0.2) is 0 Å². The molecule has 0 aliphatic carbocycles. The standard InChI is InChI=1S/C25H47Cl2NO4/c1-5-6-7-8-10-13-16-20(26)21(27)17-14-11-9-12-15-18-22(29)24(25(31)32)23(30)19-28(2,3)4/h20-21,23-24,30H,5-19H2,1-4H3/p+1/t20-,21-,23+,24-/m0/s1. The van der Waals surface area contributed by atoms with Gasteiger partial charge >= 0.3 is 5.97 Å². The molecule has 0 heterocycles. The number of quaternary nitrogens is 1. The van der Waals surface area contributed by atoms with Gasteiger partial charge in [-0.2, -0.15) is 0 Å². The van der Waals surface area contributed by atoms with Crippen molar-refractivity contribution >= 4 is 35.0 Å². The van der Waals surface area contributed by atoms with E-state index in [1.165, 1.54) is 32.1 Å². The number of unbranched alkanes of at least 4 members (excludes halogenated alkanes) is 9. The number of carboxylic acid groups (broad SMARTS) is 1. The van der Waals surface area contributed by atoms with Crippen LogP contribution in [-0.4, -0.2) is 71.0 Å². The van der Waals surface area contributed by atoms with Crippen molar-refractivity contribution in [3.05, 3.63) is 0 Å². The van der Waals surface area contributed by atoms with Gasteiger partial charge < -0.3 is 14.7 Å². The minimum atomic E-state index is -1.34. The van der Waals surface area contributed by atoms with Gasteiger partial charge in [0, 0.05) is 17.2 Å². The molecule has 0 amide bonds. The Balaban J connectivity index is 3.94. The second-order valence-corrected chi connectivity index (χ2v) is 11.3. The van der Waals surface area contributed by atoms with E-state index in [0.717, 1.165) is 44.9 Å². The van der Waals surface area contributed by atoms with Crippen LogP contribution in [0, 0.1) is 5.92 Å². The van der Waals surface area contributed by atoms with E-state index in [1.54, 1.807) is 0 Å². The zero-order chi connectivity index (χ0) is 24.6. The van der Waals surface area contributed by atoms with Crippen LogP contribution in [-0.2, 0) is 9.59 Å². The maximum absolute atomic E-state index is 12.3. The van der Waals surface area contributed by atoms with Crippen LogP contribution >= 0.6 is 23.2 Å². The van der Waals surface area contributed by atoms with Crippen LogP contribution in [0.5, 0.6) is 0 Å². The van der Waals surface area contributed by atoms with Gasteiger partial charge in [0.2, 0.25) is 0 Å². The number of aliphatic hydroxyl groups excluding tert-OH is 1. The second-order valence-electron chi connectivity index (χ2n) is 10.2. The summed E-state index contributed by atoms with van der Waals surface area (Å²) in [6.07, 6.45) is 13.0. The summed E-state index contributed by atoms with van der Waals surface area (Å²) in [5.41, 5.74) is 0. The molecule has 0 aromatic carbocycles. The Morgan fingerprint density at radius 2 is 1.22 bits per heavy atom. The van der Waals surface area contributed by atoms with E-state index in [-0.39, 0.29) is 29.5 Å². The Hall–Kier alpha value is -0.360. The molecule has 0 aromatic heterocycles. The number of aliphatic carboxylic acids is 1. The average Bonchev–Trinajstić information content (AvgIpc) is 2.67. The van der Waals surface area contributed by atoms with Crippen molar-refractivity contribution in [3.63, 3.8) is 0 Å². The number of Topliss-reactive ketones (excluding diaryl/α,β-unsaturated/α-hetero) is 1. The lowest BCUT2D eigenvalue weighted by Crippen LogP contribution is -2.47. The number of rotatable bonds is 21. The highest BCUT2D eigenvalue weighted by atomic mass is 35.5. The fourth-order valence-electron chi connectivity index (χ4n) is 3.99. The summed E-state index contributed by atoms with van der Waals surface area (Å²) in [6.45, 7) is 2.45. The Bertz CT molecular complexity index is 511. The van der Waals surface area contributed by atoms with Crippen LogP contribution in [0.3, 0.4) is 0 Å². The highest BCUT2D eigenvalue weighted by Crippen LogP contribution is 2.23. The summed E-state index contributed by atoms with van der Waals surface area (Å²) in [6, 6.07) is 0. The molecule has 0 aliphatic rings. The summed E-state index contributed by atoms with van der Waals surface area (Å²) in [4.78, 5) is 23.8. The molecular formula is C25H48Cl2NO4+. The first kappa shape index (κ1) is 31.6. The number of alkyl halides is 2. The molecule has 0 unspecified atom stereocenters. The number of ketones is 1. The van der Waals surface area contributed by atoms with Crippen molar-refractivity contribution < 1.29 is 24.3 Å². The molecule has 32 heavy (non-hydrogen) atoms. The van der Waals surface area contributed by atoms with Crippen molar-refractivity contribution in [1.82, 2.24) is 0 Å². The van der Waals surface area contributed by atoms with E-state index in [4.69, 9.17) is 23.2 Å². The van der Waals surface area contributed by atoms with Crippen molar-refractivity contribution in [2.24, 2.45) is 5.92 Å². The number of hydrogen-bond donors (Lipinski definition) is 2. The van der Waals surface area contributed by atoms with E-state index >= 15 is 0 Å². The van der Waals surface area contributed by atoms with E-state index < -0.39 is 18.0 Å². The Morgan fingerprint density at radius 3 is 1.66 bits per heavy atom.